The molecule has 1 rings (SSSR count). The van der Waals surface area contributed by atoms with Crippen molar-refractivity contribution < 1.29 is 4.74 Å². The van der Waals surface area contributed by atoms with Crippen LogP contribution in [0.2, 0.25) is 0 Å². The van der Waals surface area contributed by atoms with Crippen LogP contribution in [0.5, 0.6) is 0 Å². The number of rotatable bonds is 9. The fourth-order valence-corrected chi connectivity index (χ4v) is 1.93. The van der Waals surface area contributed by atoms with Crippen molar-refractivity contribution in [3.05, 3.63) is 0 Å². The maximum atomic E-state index is 5.52. The predicted octanol–water partition coefficient (Wildman–Crippen LogP) is 0.787. The second-order valence-corrected chi connectivity index (χ2v) is 5.18. The molecule has 0 bridgehead atoms. The number of ether oxygens (including phenoxy) is 1. The first-order valence-electron chi connectivity index (χ1n) is 5.90. The van der Waals surface area contributed by atoms with Crippen LogP contribution in [0.25, 0.3) is 0 Å². The highest BCUT2D eigenvalue weighted by molar-refractivity contribution is 7.99. The van der Waals surface area contributed by atoms with Gasteiger partial charge in [0.2, 0.25) is 5.16 Å². The number of hydrogen-bond donors (Lipinski definition) is 1. The van der Waals surface area contributed by atoms with Crippen LogP contribution in [0.3, 0.4) is 0 Å². The molecule has 1 aromatic rings. The minimum atomic E-state index is 0.545. The van der Waals surface area contributed by atoms with E-state index in [-0.39, 0.29) is 0 Å². The van der Waals surface area contributed by atoms with E-state index >= 15 is 0 Å². The number of nitrogens with two attached hydrogens (primary N) is 1. The summed E-state index contributed by atoms with van der Waals surface area (Å²) in [5.74, 6) is 1.56. The van der Waals surface area contributed by atoms with Crippen LogP contribution in [0.4, 0.5) is 0 Å². The molecule has 0 radical (unpaired) electrons. The van der Waals surface area contributed by atoms with Crippen molar-refractivity contribution in [2.75, 3.05) is 25.5 Å². The SMILES string of the molecule is CC(C)CCOCCSc1nnnn1CCN. The van der Waals surface area contributed by atoms with Gasteiger partial charge in [-0.1, -0.05) is 25.6 Å². The van der Waals surface area contributed by atoms with Gasteiger partial charge < -0.3 is 10.5 Å². The van der Waals surface area contributed by atoms with E-state index in [0.717, 1.165) is 30.5 Å². The van der Waals surface area contributed by atoms with Crippen molar-refractivity contribution >= 4 is 11.8 Å². The lowest BCUT2D eigenvalue weighted by Gasteiger charge is -2.06. The van der Waals surface area contributed by atoms with Crippen LogP contribution in [-0.4, -0.2) is 45.7 Å². The van der Waals surface area contributed by atoms with Gasteiger partial charge in [-0.25, -0.2) is 4.68 Å². The maximum Gasteiger partial charge on any atom is 0.209 e. The molecular weight excluding hydrogens is 238 g/mol. The fourth-order valence-electron chi connectivity index (χ4n) is 1.18. The van der Waals surface area contributed by atoms with E-state index in [1.807, 2.05) is 0 Å². The fraction of sp³-hybridized carbons (Fsp3) is 0.900. The summed E-state index contributed by atoms with van der Waals surface area (Å²) < 4.78 is 7.24. The van der Waals surface area contributed by atoms with E-state index in [9.17, 15) is 0 Å². The van der Waals surface area contributed by atoms with Crippen molar-refractivity contribution in [1.29, 1.82) is 0 Å². The molecule has 0 aliphatic carbocycles. The van der Waals surface area contributed by atoms with E-state index < -0.39 is 0 Å². The molecule has 0 saturated heterocycles. The number of aromatic nitrogens is 4. The molecule has 0 aliphatic rings. The van der Waals surface area contributed by atoms with Crippen LogP contribution in [-0.2, 0) is 11.3 Å². The molecule has 98 valence electrons. The summed E-state index contributed by atoms with van der Waals surface area (Å²) in [5.41, 5.74) is 5.46. The summed E-state index contributed by atoms with van der Waals surface area (Å²) in [4.78, 5) is 0. The van der Waals surface area contributed by atoms with E-state index in [4.69, 9.17) is 10.5 Å². The Bertz CT molecular complexity index is 305. The highest BCUT2D eigenvalue weighted by Crippen LogP contribution is 2.12. The summed E-state index contributed by atoms with van der Waals surface area (Å²) in [5, 5.41) is 12.2. The largest absolute Gasteiger partial charge is 0.381 e. The zero-order chi connectivity index (χ0) is 12.5. The molecule has 0 spiro atoms. The predicted molar refractivity (Wildman–Crippen MR) is 67.9 cm³/mol. The van der Waals surface area contributed by atoms with Crippen molar-refractivity contribution in [2.24, 2.45) is 11.7 Å². The Balaban J connectivity index is 2.11. The topological polar surface area (TPSA) is 78.9 Å². The molecule has 0 fully saturated rings. The monoisotopic (exact) mass is 259 g/mol. The molecule has 7 heteroatoms. The Hall–Kier alpha value is -0.660. The lowest BCUT2D eigenvalue weighted by atomic mass is 10.1. The zero-order valence-corrected chi connectivity index (χ0v) is 11.3. The lowest BCUT2D eigenvalue weighted by molar-refractivity contribution is 0.138. The van der Waals surface area contributed by atoms with Crippen LogP contribution in [0.15, 0.2) is 5.16 Å². The van der Waals surface area contributed by atoms with Crippen molar-refractivity contribution in [2.45, 2.75) is 32.0 Å². The van der Waals surface area contributed by atoms with Crippen LogP contribution < -0.4 is 5.73 Å². The average Bonchev–Trinajstić information content (AvgIpc) is 2.71. The Morgan fingerprint density at radius 1 is 1.41 bits per heavy atom. The van der Waals surface area contributed by atoms with Crippen molar-refractivity contribution in [1.82, 2.24) is 20.2 Å². The first kappa shape index (κ1) is 14.4. The molecule has 0 unspecified atom stereocenters. The highest BCUT2D eigenvalue weighted by Gasteiger charge is 2.05. The second-order valence-electron chi connectivity index (χ2n) is 4.12. The second kappa shape index (κ2) is 8.43. The van der Waals surface area contributed by atoms with Gasteiger partial charge in [0.1, 0.15) is 0 Å². The maximum absolute atomic E-state index is 5.52. The molecule has 2 N–H and O–H groups in total. The van der Waals surface area contributed by atoms with Gasteiger partial charge in [0.05, 0.1) is 13.2 Å². The third-order valence-electron chi connectivity index (χ3n) is 2.14. The Kier molecular flexibility index (Phi) is 7.14. The molecule has 0 atom stereocenters. The number of tetrazole rings is 1. The standard InChI is InChI=1S/C10H21N5OS/c1-9(2)3-6-16-7-8-17-10-12-13-14-15(10)5-4-11/h9H,3-8,11H2,1-2H3. The van der Waals surface area contributed by atoms with Gasteiger partial charge in [0, 0.05) is 18.9 Å². The van der Waals surface area contributed by atoms with Gasteiger partial charge in [0.25, 0.3) is 0 Å². The van der Waals surface area contributed by atoms with Crippen LogP contribution in [0, 0.1) is 5.92 Å². The summed E-state index contributed by atoms with van der Waals surface area (Å²) in [7, 11) is 0. The first-order valence-corrected chi connectivity index (χ1v) is 6.89. The first-order chi connectivity index (χ1) is 8.24. The number of thioether (sulfide) groups is 1. The smallest absolute Gasteiger partial charge is 0.209 e. The van der Waals surface area contributed by atoms with Crippen LogP contribution >= 0.6 is 11.8 Å². The number of nitrogens with zero attached hydrogens (tertiary/aromatic N) is 4. The summed E-state index contributed by atoms with van der Waals surface area (Å²) in [6.07, 6.45) is 1.11. The van der Waals surface area contributed by atoms with Gasteiger partial charge in [-0.2, -0.15) is 0 Å². The van der Waals surface area contributed by atoms with Crippen molar-refractivity contribution in [3.8, 4) is 0 Å². The molecule has 1 heterocycles. The molecule has 6 nitrogen and oxygen atoms in total. The summed E-state index contributed by atoms with van der Waals surface area (Å²) in [6.45, 7) is 7.14. The van der Waals surface area contributed by atoms with Crippen LogP contribution in [0.1, 0.15) is 20.3 Å². The Morgan fingerprint density at radius 2 is 2.24 bits per heavy atom. The molecule has 0 aliphatic heterocycles. The van der Waals surface area contributed by atoms with E-state index in [0.29, 0.717) is 19.0 Å². The third-order valence-corrected chi connectivity index (χ3v) is 3.06. The minimum Gasteiger partial charge on any atom is -0.381 e. The Morgan fingerprint density at radius 3 is 2.94 bits per heavy atom. The van der Waals surface area contributed by atoms with Gasteiger partial charge in [0.15, 0.2) is 0 Å². The Labute approximate surface area is 106 Å². The average molecular weight is 259 g/mol. The summed E-state index contributed by atoms with van der Waals surface area (Å²) in [6, 6.07) is 0. The molecule has 1 aromatic heterocycles. The third kappa shape index (κ3) is 5.99. The molecule has 0 saturated carbocycles. The summed E-state index contributed by atoms with van der Waals surface area (Å²) >= 11 is 1.60. The van der Waals surface area contributed by atoms with Gasteiger partial charge in [-0.05, 0) is 22.8 Å². The van der Waals surface area contributed by atoms with E-state index in [1.54, 1.807) is 16.4 Å². The zero-order valence-electron chi connectivity index (χ0n) is 10.5. The lowest BCUT2D eigenvalue weighted by Crippen LogP contribution is -2.12. The quantitative estimate of drug-likeness (QED) is 0.521. The minimum absolute atomic E-state index is 0.545. The molecular formula is C10H21N5OS. The molecule has 17 heavy (non-hydrogen) atoms. The highest BCUT2D eigenvalue weighted by atomic mass is 32.2. The number of hydrogen-bond acceptors (Lipinski definition) is 6. The normalized spacial score (nSPS) is 11.3. The van der Waals surface area contributed by atoms with Gasteiger partial charge >= 0.3 is 0 Å². The van der Waals surface area contributed by atoms with Crippen molar-refractivity contribution in [3.63, 3.8) is 0 Å². The molecule has 0 amide bonds. The van der Waals surface area contributed by atoms with Gasteiger partial charge in [-0.3, -0.25) is 0 Å². The van der Waals surface area contributed by atoms with E-state index in [2.05, 4.69) is 29.4 Å². The van der Waals surface area contributed by atoms with Gasteiger partial charge in [-0.15, -0.1) is 5.10 Å². The molecule has 0 aromatic carbocycles. The van der Waals surface area contributed by atoms with E-state index in [1.165, 1.54) is 0 Å².